The second kappa shape index (κ2) is 8.88. The molecule has 0 saturated carbocycles. The number of nitrogens with one attached hydrogen (secondary N) is 2. The predicted molar refractivity (Wildman–Crippen MR) is 110 cm³/mol. The van der Waals surface area contributed by atoms with Crippen molar-refractivity contribution in [1.82, 2.24) is 14.5 Å². The first kappa shape index (κ1) is 21.8. The van der Waals surface area contributed by atoms with E-state index in [2.05, 4.69) is 10.4 Å². The molecule has 0 saturated heterocycles. The third-order valence-electron chi connectivity index (χ3n) is 4.03. The fourth-order valence-corrected chi connectivity index (χ4v) is 3.63. The molecule has 11 heteroatoms. The molecule has 0 atom stereocenters. The number of carbonyl (C=O) groups excluding carboxylic acids is 2. The van der Waals surface area contributed by atoms with Crippen molar-refractivity contribution in [2.24, 2.45) is 0 Å². The number of carbonyl (C=O) groups is 2. The lowest BCUT2D eigenvalue weighted by molar-refractivity contribution is -0.118. The van der Waals surface area contributed by atoms with Crippen molar-refractivity contribution in [2.45, 2.75) is 18.4 Å². The van der Waals surface area contributed by atoms with Gasteiger partial charge in [-0.05, 0) is 54.6 Å². The summed E-state index contributed by atoms with van der Waals surface area (Å²) in [6, 6.07) is 13.4. The Balaban J connectivity index is 1.72. The third-order valence-corrected chi connectivity index (χ3v) is 5.48. The summed E-state index contributed by atoms with van der Waals surface area (Å²) in [7, 11) is -3.98. The van der Waals surface area contributed by atoms with Gasteiger partial charge >= 0.3 is 0 Å². The maximum absolute atomic E-state index is 13.1. The molecule has 3 aromatic rings. The quantitative estimate of drug-likeness (QED) is 0.593. The number of sulfonamides is 1. The SMILES string of the molecule is CC(=O)NS(=O)(=O)c1ccc(NC(=O)Cn2nc(-c3ccc(F)cc3)ccc2=O)cc1. The van der Waals surface area contributed by atoms with Gasteiger partial charge in [0.05, 0.1) is 10.6 Å². The Morgan fingerprint density at radius 1 is 1.00 bits per heavy atom. The monoisotopic (exact) mass is 444 g/mol. The summed E-state index contributed by atoms with van der Waals surface area (Å²) in [5.74, 6) is -1.70. The predicted octanol–water partition coefficient (Wildman–Crippen LogP) is 1.51. The largest absolute Gasteiger partial charge is 0.324 e. The Bertz CT molecular complexity index is 1290. The van der Waals surface area contributed by atoms with Crippen LogP contribution in [0.1, 0.15) is 6.92 Å². The van der Waals surface area contributed by atoms with Crippen LogP contribution in [0.5, 0.6) is 0 Å². The molecule has 0 aliphatic rings. The van der Waals surface area contributed by atoms with E-state index in [-0.39, 0.29) is 17.1 Å². The summed E-state index contributed by atoms with van der Waals surface area (Å²) in [4.78, 5) is 35.2. The summed E-state index contributed by atoms with van der Waals surface area (Å²) < 4.78 is 39.8. The first-order valence-electron chi connectivity index (χ1n) is 8.91. The third kappa shape index (κ3) is 5.60. The number of anilines is 1. The molecule has 3 rings (SSSR count). The molecule has 0 bridgehead atoms. The van der Waals surface area contributed by atoms with E-state index in [9.17, 15) is 27.2 Å². The van der Waals surface area contributed by atoms with Gasteiger partial charge in [0.25, 0.3) is 15.6 Å². The number of hydrogen-bond donors (Lipinski definition) is 2. The highest BCUT2D eigenvalue weighted by Crippen LogP contribution is 2.16. The molecule has 0 aliphatic carbocycles. The second-order valence-corrected chi connectivity index (χ2v) is 8.14. The average Bonchev–Trinajstić information content (AvgIpc) is 2.70. The maximum Gasteiger partial charge on any atom is 0.267 e. The van der Waals surface area contributed by atoms with E-state index in [4.69, 9.17) is 0 Å². The molecule has 2 aromatic carbocycles. The summed E-state index contributed by atoms with van der Waals surface area (Å²) in [5, 5.41) is 6.66. The molecule has 1 heterocycles. The van der Waals surface area contributed by atoms with Gasteiger partial charge in [0, 0.05) is 24.2 Å². The highest BCUT2D eigenvalue weighted by molar-refractivity contribution is 7.90. The molecule has 0 radical (unpaired) electrons. The van der Waals surface area contributed by atoms with Crippen molar-refractivity contribution >= 4 is 27.5 Å². The smallest absolute Gasteiger partial charge is 0.267 e. The average molecular weight is 444 g/mol. The molecular formula is C20H17FN4O5S. The Kier molecular flexibility index (Phi) is 6.25. The zero-order chi connectivity index (χ0) is 22.6. The van der Waals surface area contributed by atoms with Crippen molar-refractivity contribution in [1.29, 1.82) is 0 Å². The molecule has 0 fully saturated rings. The van der Waals surface area contributed by atoms with Crippen molar-refractivity contribution < 1.29 is 22.4 Å². The molecule has 160 valence electrons. The van der Waals surface area contributed by atoms with Gasteiger partial charge in [0.1, 0.15) is 12.4 Å². The van der Waals surface area contributed by atoms with Crippen LogP contribution in [0.15, 0.2) is 70.4 Å². The maximum atomic E-state index is 13.1. The van der Waals surface area contributed by atoms with E-state index in [1.807, 2.05) is 4.72 Å². The fraction of sp³-hybridized carbons (Fsp3) is 0.100. The van der Waals surface area contributed by atoms with E-state index < -0.39 is 33.2 Å². The summed E-state index contributed by atoms with van der Waals surface area (Å²) >= 11 is 0. The van der Waals surface area contributed by atoms with E-state index in [0.29, 0.717) is 11.3 Å². The van der Waals surface area contributed by atoms with Crippen LogP contribution in [0.3, 0.4) is 0 Å². The van der Waals surface area contributed by atoms with Gasteiger partial charge < -0.3 is 5.32 Å². The van der Waals surface area contributed by atoms with Crippen LogP contribution in [-0.4, -0.2) is 30.0 Å². The Labute approximate surface area is 176 Å². The van der Waals surface area contributed by atoms with Gasteiger partial charge in [0.2, 0.25) is 11.8 Å². The first-order valence-corrected chi connectivity index (χ1v) is 10.4. The summed E-state index contributed by atoms with van der Waals surface area (Å²) in [6.07, 6.45) is 0. The van der Waals surface area contributed by atoms with Gasteiger partial charge in [-0.2, -0.15) is 5.10 Å². The molecule has 1 aromatic heterocycles. The molecule has 31 heavy (non-hydrogen) atoms. The number of aromatic nitrogens is 2. The van der Waals surface area contributed by atoms with Crippen molar-refractivity contribution in [3.63, 3.8) is 0 Å². The number of nitrogens with zero attached hydrogens (tertiary/aromatic N) is 2. The van der Waals surface area contributed by atoms with Crippen LogP contribution >= 0.6 is 0 Å². The topological polar surface area (TPSA) is 127 Å². The lowest BCUT2D eigenvalue weighted by Gasteiger charge is -2.09. The van der Waals surface area contributed by atoms with Crippen LogP contribution in [-0.2, 0) is 26.2 Å². The Morgan fingerprint density at radius 2 is 1.65 bits per heavy atom. The van der Waals surface area contributed by atoms with Gasteiger partial charge in [0.15, 0.2) is 0 Å². The van der Waals surface area contributed by atoms with Gasteiger partial charge in [-0.1, -0.05) is 0 Å². The number of rotatable bonds is 6. The normalized spacial score (nSPS) is 11.0. The van der Waals surface area contributed by atoms with Crippen LogP contribution in [0.25, 0.3) is 11.3 Å². The van der Waals surface area contributed by atoms with Gasteiger partial charge in [-0.15, -0.1) is 0 Å². The minimum atomic E-state index is -3.98. The molecule has 0 aliphatic heterocycles. The lowest BCUT2D eigenvalue weighted by Crippen LogP contribution is -2.29. The summed E-state index contributed by atoms with van der Waals surface area (Å²) in [6.45, 7) is 0.688. The highest BCUT2D eigenvalue weighted by atomic mass is 32.2. The summed E-state index contributed by atoms with van der Waals surface area (Å²) in [5.41, 5.74) is 0.749. The van der Waals surface area contributed by atoms with Gasteiger partial charge in [-0.25, -0.2) is 22.2 Å². The van der Waals surface area contributed by atoms with Crippen molar-refractivity contribution in [3.8, 4) is 11.3 Å². The van der Waals surface area contributed by atoms with Crippen LogP contribution in [0, 0.1) is 5.82 Å². The van der Waals surface area contributed by atoms with Crippen LogP contribution in [0.2, 0.25) is 0 Å². The zero-order valence-electron chi connectivity index (χ0n) is 16.2. The number of halogens is 1. The minimum absolute atomic E-state index is 0.148. The minimum Gasteiger partial charge on any atom is -0.324 e. The van der Waals surface area contributed by atoms with E-state index in [0.717, 1.165) is 11.6 Å². The van der Waals surface area contributed by atoms with E-state index in [1.54, 1.807) is 0 Å². The number of benzene rings is 2. The van der Waals surface area contributed by atoms with Crippen molar-refractivity contribution in [2.75, 3.05) is 5.32 Å². The standard InChI is InChI=1S/C20H17FN4O5S/c1-13(26)24-31(29,30)17-8-6-16(7-9-17)22-19(27)12-25-20(28)11-10-18(23-25)14-2-4-15(21)5-3-14/h2-11H,12H2,1H3,(H,22,27)(H,24,26). The molecule has 2 amide bonds. The molecule has 0 spiro atoms. The van der Waals surface area contributed by atoms with E-state index >= 15 is 0 Å². The Morgan fingerprint density at radius 3 is 2.26 bits per heavy atom. The highest BCUT2D eigenvalue weighted by Gasteiger charge is 2.15. The molecular weight excluding hydrogens is 427 g/mol. The molecule has 9 nitrogen and oxygen atoms in total. The number of amides is 2. The molecule has 2 N–H and O–H groups in total. The van der Waals surface area contributed by atoms with Crippen molar-refractivity contribution in [3.05, 3.63) is 76.8 Å². The zero-order valence-corrected chi connectivity index (χ0v) is 17.0. The second-order valence-electron chi connectivity index (χ2n) is 6.46. The lowest BCUT2D eigenvalue weighted by atomic mass is 10.1. The fourth-order valence-electron chi connectivity index (χ4n) is 2.64. The number of hydrogen-bond acceptors (Lipinski definition) is 6. The van der Waals surface area contributed by atoms with Gasteiger partial charge in [-0.3, -0.25) is 14.4 Å². The molecule has 0 unspecified atom stereocenters. The van der Waals surface area contributed by atoms with E-state index in [1.165, 1.54) is 60.7 Å². The Hall–Kier alpha value is -3.86. The van der Waals surface area contributed by atoms with Crippen LogP contribution in [0.4, 0.5) is 10.1 Å². The first-order chi connectivity index (χ1) is 14.6. The van der Waals surface area contributed by atoms with Crippen LogP contribution < -0.4 is 15.6 Å².